The maximum Gasteiger partial charge on any atom is 0.243 e. The Morgan fingerprint density at radius 1 is 1.25 bits per heavy atom. The van der Waals surface area contributed by atoms with Crippen LogP contribution in [-0.4, -0.2) is 36.2 Å². The zero-order valence-corrected chi connectivity index (χ0v) is 14.8. The molecule has 0 radical (unpaired) electrons. The van der Waals surface area contributed by atoms with Crippen molar-refractivity contribution in [3.63, 3.8) is 0 Å². The highest BCUT2D eigenvalue weighted by Crippen LogP contribution is 2.25. The standard InChI is InChI=1S/C18H22N2O3S/c1-3-15-6-10-20(11-7-15)24(22,23)17-5-4-16-8-9-19(13-14(2)21)18(16)12-17/h4-6,8-9,12H,3,7,10-11,13H2,1-2H3. The summed E-state index contributed by atoms with van der Waals surface area (Å²) in [5.74, 6) is 0.0361. The summed E-state index contributed by atoms with van der Waals surface area (Å²) in [4.78, 5) is 11.7. The fourth-order valence-electron chi connectivity index (χ4n) is 3.08. The van der Waals surface area contributed by atoms with Gasteiger partial charge in [-0.2, -0.15) is 4.31 Å². The molecule has 2 aromatic rings. The highest BCUT2D eigenvalue weighted by molar-refractivity contribution is 7.89. The van der Waals surface area contributed by atoms with Crippen molar-refractivity contribution in [2.45, 2.75) is 38.1 Å². The summed E-state index contributed by atoms with van der Waals surface area (Å²) in [7, 11) is -3.52. The first kappa shape index (κ1) is 16.9. The van der Waals surface area contributed by atoms with Crippen LogP contribution in [0.2, 0.25) is 0 Å². The second-order valence-electron chi connectivity index (χ2n) is 6.20. The van der Waals surface area contributed by atoms with E-state index in [-0.39, 0.29) is 17.2 Å². The van der Waals surface area contributed by atoms with E-state index in [1.54, 1.807) is 22.8 Å². The van der Waals surface area contributed by atoms with Gasteiger partial charge in [0, 0.05) is 24.8 Å². The number of hydrogen-bond acceptors (Lipinski definition) is 3. The third-order valence-electron chi connectivity index (χ3n) is 4.50. The number of carbonyl (C=O) groups excluding carboxylic acids is 1. The molecule has 0 fully saturated rings. The van der Waals surface area contributed by atoms with Gasteiger partial charge in [0.2, 0.25) is 10.0 Å². The maximum atomic E-state index is 12.9. The molecule has 0 atom stereocenters. The summed E-state index contributed by atoms with van der Waals surface area (Å²) >= 11 is 0. The van der Waals surface area contributed by atoms with Crippen LogP contribution in [0.25, 0.3) is 10.9 Å². The molecule has 0 saturated carbocycles. The minimum atomic E-state index is -3.52. The van der Waals surface area contributed by atoms with Crippen molar-refractivity contribution in [1.29, 1.82) is 0 Å². The number of hydrogen-bond donors (Lipinski definition) is 0. The Hall–Kier alpha value is -1.92. The molecule has 0 amide bonds. The summed E-state index contributed by atoms with van der Waals surface area (Å²) < 4.78 is 29.1. The molecule has 24 heavy (non-hydrogen) atoms. The average molecular weight is 346 g/mol. The first-order chi connectivity index (χ1) is 11.4. The third kappa shape index (κ3) is 3.16. The molecule has 128 valence electrons. The van der Waals surface area contributed by atoms with Crippen molar-refractivity contribution in [1.82, 2.24) is 8.87 Å². The first-order valence-corrected chi connectivity index (χ1v) is 9.62. The number of carbonyl (C=O) groups is 1. The zero-order chi connectivity index (χ0) is 17.3. The van der Waals surface area contributed by atoms with Gasteiger partial charge in [-0.25, -0.2) is 8.42 Å². The molecule has 6 heteroatoms. The molecule has 0 unspecified atom stereocenters. The van der Waals surface area contributed by atoms with Crippen LogP contribution >= 0.6 is 0 Å². The number of benzene rings is 1. The summed E-state index contributed by atoms with van der Waals surface area (Å²) in [5.41, 5.74) is 2.08. The normalized spacial score (nSPS) is 16.3. The van der Waals surface area contributed by atoms with Crippen molar-refractivity contribution in [3.8, 4) is 0 Å². The van der Waals surface area contributed by atoms with Crippen LogP contribution < -0.4 is 0 Å². The second-order valence-corrected chi connectivity index (χ2v) is 8.13. The van der Waals surface area contributed by atoms with Crippen molar-refractivity contribution < 1.29 is 13.2 Å². The Balaban J connectivity index is 1.96. The average Bonchev–Trinajstić information content (AvgIpc) is 2.96. The number of aromatic nitrogens is 1. The van der Waals surface area contributed by atoms with Crippen LogP contribution in [0, 0.1) is 0 Å². The van der Waals surface area contributed by atoms with E-state index in [4.69, 9.17) is 0 Å². The smallest absolute Gasteiger partial charge is 0.243 e. The van der Waals surface area contributed by atoms with Crippen molar-refractivity contribution >= 4 is 26.7 Å². The molecular weight excluding hydrogens is 324 g/mol. The van der Waals surface area contributed by atoms with Crippen LogP contribution in [0.4, 0.5) is 0 Å². The molecule has 5 nitrogen and oxygen atoms in total. The van der Waals surface area contributed by atoms with E-state index in [9.17, 15) is 13.2 Å². The van der Waals surface area contributed by atoms with Crippen molar-refractivity contribution in [2.24, 2.45) is 0 Å². The Morgan fingerprint density at radius 2 is 2.04 bits per heavy atom. The Morgan fingerprint density at radius 3 is 2.67 bits per heavy atom. The van der Waals surface area contributed by atoms with Crippen LogP contribution in [0.3, 0.4) is 0 Å². The summed E-state index contributed by atoms with van der Waals surface area (Å²) in [5, 5.41) is 0.932. The fourth-order valence-corrected chi connectivity index (χ4v) is 4.48. The van der Waals surface area contributed by atoms with Gasteiger partial charge in [-0.05, 0) is 43.4 Å². The second kappa shape index (κ2) is 6.53. The number of nitrogens with zero attached hydrogens (tertiary/aromatic N) is 2. The molecule has 1 aromatic heterocycles. The van der Waals surface area contributed by atoms with Gasteiger partial charge < -0.3 is 4.57 Å². The molecule has 1 aliphatic heterocycles. The van der Waals surface area contributed by atoms with Crippen molar-refractivity contribution in [3.05, 3.63) is 42.1 Å². The van der Waals surface area contributed by atoms with Gasteiger partial charge >= 0.3 is 0 Å². The largest absolute Gasteiger partial charge is 0.340 e. The predicted molar refractivity (Wildman–Crippen MR) is 94.4 cm³/mol. The summed E-state index contributed by atoms with van der Waals surface area (Å²) in [6, 6.07) is 7.02. The molecule has 0 spiro atoms. The highest BCUT2D eigenvalue weighted by atomic mass is 32.2. The lowest BCUT2D eigenvalue weighted by atomic mass is 10.1. The van der Waals surface area contributed by atoms with E-state index in [1.165, 1.54) is 16.8 Å². The number of fused-ring (bicyclic) bond motifs is 1. The minimum absolute atomic E-state index is 0.0361. The van der Waals surface area contributed by atoms with Crippen LogP contribution in [0.1, 0.15) is 26.7 Å². The lowest BCUT2D eigenvalue weighted by Gasteiger charge is -2.25. The topological polar surface area (TPSA) is 59.4 Å². The van der Waals surface area contributed by atoms with E-state index in [2.05, 4.69) is 6.92 Å². The summed E-state index contributed by atoms with van der Waals surface area (Å²) in [6.45, 7) is 4.82. The lowest BCUT2D eigenvalue weighted by Crippen LogP contribution is -2.34. The highest BCUT2D eigenvalue weighted by Gasteiger charge is 2.26. The van der Waals surface area contributed by atoms with E-state index in [0.717, 1.165) is 23.7 Å². The van der Waals surface area contributed by atoms with E-state index < -0.39 is 10.0 Å². The molecule has 0 bridgehead atoms. The maximum absolute atomic E-state index is 12.9. The van der Waals surface area contributed by atoms with Gasteiger partial charge in [0.25, 0.3) is 0 Å². The van der Waals surface area contributed by atoms with Crippen molar-refractivity contribution in [2.75, 3.05) is 13.1 Å². The molecule has 2 heterocycles. The number of Topliss-reactive ketones (excluding diaryl/α,β-unsaturated/α-hetero) is 1. The van der Waals surface area contributed by atoms with Crippen LogP contribution in [0.15, 0.2) is 47.0 Å². The van der Waals surface area contributed by atoms with Gasteiger partial charge in [0.1, 0.15) is 5.78 Å². The Kier molecular flexibility index (Phi) is 4.60. The molecule has 0 N–H and O–H groups in total. The molecule has 1 aliphatic rings. The van der Waals surface area contributed by atoms with E-state index in [0.29, 0.717) is 13.1 Å². The first-order valence-electron chi connectivity index (χ1n) is 8.18. The fraction of sp³-hybridized carbons (Fsp3) is 0.389. The molecule has 0 saturated heterocycles. The van der Waals surface area contributed by atoms with Crippen LogP contribution in [0.5, 0.6) is 0 Å². The molecule has 1 aromatic carbocycles. The quantitative estimate of drug-likeness (QED) is 0.782. The SMILES string of the molecule is CCC1=CCN(S(=O)(=O)c2ccc3ccn(CC(C)=O)c3c2)CC1. The third-order valence-corrected chi connectivity index (χ3v) is 6.36. The van der Waals surface area contributed by atoms with Gasteiger partial charge in [-0.3, -0.25) is 4.79 Å². The minimum Gasteiger partial charge on any atom is -0.340 e. The number of rotatable bonds is 5. The number of ketones is 1. The Labute approximate surface area is 142 Å². The molecule has 3 rings (SSSR count). The number of sulfonamides is 1. The summed E-state index contributed by atoms with van der Waals surface area (Å²) in [6.07, 6.45) is 5.59. The molecule has 0 aliphatic carbocycles. The molecular formula is C18H22N2O3S. The van der Waals surface area contributed by atoms with E-state index in [1.807, 2.05) is 18.3 Å². The van der Waals surface area contributed by atoms with Gasteiger partial charge in [0.15, 0.2) is 0 Å². The zero-order valence-electron chi connectivity index (χ0n) is 14.0. The van der Waals surface area contributed by atoms with E-state index >= 15 is 0 Å². The lowest BCUT2D eigenvalue weighted by molar-refractivity contribution is -0.117. The van der Waals surface area contributed by atoms with Gasteiger partial charge in [-0.1, -0.05) is 24.6 Å². The monoisotopic (exact) mass is 346 g/mol. The Bertz CT molecular complexity index is 909. The van der Waals surface area contributed by atoms with Crippen LogP contribution in [-0.2, 0) is 21.4 Å². The van der Waals surface area contributed by atoms with Gasteiger partial charge in [-0.15, -0.1) is 0 Å². The predicted octanol–water partition coefficient (Wildman–Crippen LogP) is 2.96. The van der Waals surface area contributed by atoms with Gasteiger partial charge in [0.05, 0.1) is 11.4 Å².